The predicted molar refractivity (Wildman–Crippen MR) is 86.6 cm³/mol. The Morgan fingerprint density at radius 2 is 1.90 bits per heavy atom. The van der Waals surface area contributed by atoms with Gasteiger partial charge in [-0.2, -0.15) is 0 Å². The molecule has 2 rings (SSSR count). The van der Waals surface area contributed by atoms with Crippen LogP contribution < -0.4 is 5.32 Å². The summed E-state index contributed by atoms with van der Waals surface area (Å²) in [4.78, 5) is 2.40. The number of likely N-dealkylation sites (N-methyl/N-ethyl adjacent to an activating group) is 1. The average molecular weight is 294 g/mol. The average Bonchev–Trinajstić information content (AvgIpc) is 2.48. The van der Waals surface area contributed by atoms with Gasteiger partial charge in [0.25, 0.3) is 0 Å². The Balaban J connectivity index is 1.86. The highest BCUT2D eigenvalue weighted by molar-refractivity contribution is 7.85. The molecule has 1 aromatic carbocycles. The lowest BCUT2D eigenvalue weighted by molar-refractivity contribution is 0.291. The van der Waals surface area contributed by atoms with Crippen LogP contribution in [0.25, 0.3) is 0 Å². The molecule has 1 aliphatic rings. The summed E-state index contributed by atoms with van der Waals surface area (Å²) >= 11 is 0. The van der Waals surface area contributed by atoms with E-state index in [0.29, 0.717) is 5.92 Å². The SMILES string of the molecule is CCNCC(C)c1ccc(CN2CCS(=O)CC2)cc1. The summed E-state index contributed by atoms with van der Waals surface area (Å²) in [5, 5.41) is 3.39. The zero-order valence-corrected chi connectivity index (χ0v) is 13.4. The first-order valence-electron chi connectivity index (χ1n) is 7.56. The third-order valence-corrected chi connectivity index (χ3v) is 5.20. The van der Waals surface area contributed by atoms with Crippen molar-refractivity contribution in [2.24, 2.45) is 0 Å². The van der Waals surface area contributed by atoms with Crippen molar-refractivity contribution >= 4 is 10.8 Å². The van der Waals surface area contributed by atoms with E-state index < -0.39 is 10.8 Å². The molecule has 0 amide bonds. The third kappa shape index (κ3) is 4.69. The summed E-state index contributed by atoms with van der Waals surface area (Å²) in [6.45, 7) is 9.38. The van der Waals surface area contributed by atoms with Crippen molar-refractivity contribution in [1.29, 1.82) is 0 Å². The number of benzene rings is 1. The largest absolute Gasteiger partial charge is 0.316 e. The number of hydrogen-bond donors (Lipinski definition) is 1. The van der Waals surface area contributed by atoms with Crippen molar-refractivity contribution in [1.82, 2.24) is 10.2 Å². The Bertz CT molecular complexity index is 423. The second-order valence-electron chi connectivity index (χ2n) is 5.57. The van der Waals surface area contributed by atoms with Gasteiger partial charge in [-0.05, 0) is 23.6 Å². The lowest BCUT2D eigenvalue weighted by atomic mass is 9.99. The van der Waals surface area contributed by atoms with Crippen LogP contribution in [0.15, 0.2) is 24.3 Å². The summed E-state index contributed by atoms with van der Waals surface area (Å²) in [6, 6.07) is 8.98. The van der Waals surface area contributed by atoms with Gasteiger partial charge in [-0.1, -0.05) is 38.1 Å². The monoisotopic (exact) mass is 294 g/mol. The summed E-state index contributed by atoms with van der Waals surface area (Å²) in [7, 11) is -0.581. The number of rotatable bonds is 6. The molecular weight excluding hydrogens is 268 g/mol. The maximum atomic E-state index is 11.3. The highest BCUT2D eigenvalue weighted by Gasteiger charge is 2.15. The summed E-state index contributed by atoms with van der Waals surface area (Å²) in [5.41, 5.74) is 2.76. The van der Waals surface area contributed by atoms with E-state index >= 15 is 0 Å². The van der Waals surface area contributed by atoms with Crippen molar-refractivity contribution < 1.29 is 4.21 Å². The molecule has 1 saturated heterocycles. The van der Waals surface area contributed by atoms with Crippen LogP contribution in [0.4, 0.5) is 0 Å². The van der Waals surface area contributed by atoms with Crippen LogP contribution in [0.1, 0.15) is 30.9 Å². The van der Waals surface area contributed by atoms with Gasteiger partial charge in [0, 0.05) is 48.5 Å². The molecule has 112 valence electrons. The van der Waals surface area contributed by atoms with Crippen molar-refractivity contribution in [3.8, 4) is 0 Å². The fourth-order valence-corrected chi connectivity index (χ4v) is 3.65. The van der Waals surface area contributed by atoms with E-state index in [1.165, 1.54) is 11.1 Å². The second-order valence-corrected chi connectivity index (χ2v) is 7.27. The van der Waals surface area contributed by atoms with Crippen LogP contribution in [0.2, 0.25) is 0 Å². The fraction of sp³-hybridized carbons (Fsp3) is 0.625. The standard InChI is InChI=1S/C16H26N2OS/c1-3-17-12-14(2)16-6-4-15(5-7-16)13-18-8-10-20(19)11-9-18/h4-7,14,17H,3,8-13H2,1-2H3. The first-order valence-corrected chi connectivity index (χ1v) is 9.04. The van der Waals surface area contributed by atoms with E-state index in [0.717, 1.165) is 44.2 Å². The van der Waals surface area contributed by atoms with Gasteiger partial charge in [0.1, 0.15) is 0 Å². The fourth-order valence-electron chi connectivity index (χ4n) is 2.52. The van der Waals surface area contributed by atoms with Gasteiger partial charge < -0.3 is 5.32 Å². The third-order valence-electron chi connectivity index (χ3n) is 3.93. The van der Waals surface area contributed by atoms with Gasteiger partial charge in [0.15, 0.2) is 0 Å². The number of nitrogens with one attached hydrogen (secondary N) is 1. The molecule has 1 aliphatic heterocycles. The molecule has 3 nitrogen and oxygen atoms in total. The van der Waals surface area contributed by atoms with Gasteiger partial charge in [-0.3, -0.25) is 9.11 Å². The van der Waals surface area contributed by atoms with E-state index in [1.54, 1.807) is 0 Å². The van der Waals surface area contributed by atoms with E-state index in [2.05, 4.69) is 48.3 Å². The molecule has 1 heterocycles. The molecule has 0 saturated carbocycles. The Morgan fingerprint density at radius 1 is 1.25 bits per heavy atom. The highest BCUT2D eigenvalue weighted by atomic mass is 32.2. The molecule has 20 heavy (non-hydrogen) atoms. The molecular formula is C16H26N2OS. The molecule has 1 unspecified atom stereocenters. The van der Waals surface area contributed by atoms with Crippen LogP contribution in [0.5, 0.6) is 0 Å². The summed E-state index contributed by atoms with van der Waals surface area (Å²) < 4.78 is 11.3. The number of nitrogens with zero attached hydrogens (tertiary/aromatic N) is 1. The molecule has 4 heteroatoms. The Hall–Kier alpha value is -0.710. The van der Waals surface area contributed by atoms with Crippen LogP contribution in [-0.2, 0) is 17.3 Å². The van der Waals surface area contributed by atoms with Crippen LogP contribution in [0, 0.1) is 0 Å². The Morgan fingerprint density at radius 3 is 2.50 bits per heavy atom. The normalized spacial score (nSPS) is 19.1. The van der Waals surface area contributed by atoms with Gasteiger partial charge >= 0.3 is 0 Å². The van der Waals surface area contributed by atoms with Gasteiger partial charge in [-0.25, -0.2) is 0 Å². The molecule has 1 N–H and O–H groups in total. The lowest BCUT2D eigenvalue weighted by Gasteiger charge is -2.26. The van der Waals surface area contributed by atoms with Crippen LogP contribution in [-0.4, -0.2) is 46.8 Å². The van der Waals surface area contributed by atoms with E-state index in [4.69, 9.17) is 0 Å². The molecule has 0 spiro atoms. The molecule has 1 fully saturated rings. The second kappa shape index (κ2) is 7.91. The molecule has 0 aromatic heterocycles. The van der Waals surface area contributed by atoms with Gasteiger partial charge in [-0.15, -0.1) is 0 Å². The van der Waals surface area contributed by atoms with Gasteiger partial charge in [0.05, 0.1) is 0 Å². The Kier molecular flexibility index (Phi) is 6.20. The van der Waals surface area contributed by atoms with Crippen molar-refractivity contribution in [2.75, 3.05) is 37.7 Å². The predicted octanol–water partition coefficient (Wildman–Crippen LogP) is 1.96. The minimum atomic E-state index is -0.581. The Labute approximate surface area is 125 Å². The summed E-state index contributed by atoms with van der Waals surface area (Å²) in [5.74, 6) is 2.22. The maximum absolute atomic E-state index is 11.3. The minimum absolute atomic E-state index is 0.557. The molecule has 1 aromatic rings. The molecule has 0 bridgehead atoms. The van der Waals surface area contributed by atoms with Crippen molar-refractivity contribution in [3.63, 3.8) is 0 Å². The zero-order chi connectivity index (χ0) is 14.4. The smallest absolute Gasteiger partial charge is 0.0363 e. The van der Waals surface area contributed by atoms with Gasteiger partial charge in [0.2, 0.25) is 0 Å². The first kappa shape index (κ1) is 15.7. The van der Waals surface area contributed by atoms with Crippen molar-refractivity contribution in [3.05, 3.63) is 35.4 Å². The topological polar surface area (TPSA) is 32.3 Å². The molecule has 0 radical (unpaired) electrons. The first-order chi connectivity index (χ1) is 9.69. The quantitative estimate of drug-likeness (QED) is 0.870. The highest BCUT2D eigenvalue weighted by Crippen LogP contribution is 2.16. The zero-order valence-electron chi connectivity index (χ0n) is 12.6. The number of hydrogen-bond acceptors (Lipinski definition) is 3. The van der Waals surface area contributed by atoms with Crippen LogP contribution in [0.3, 0.4) is 0 Å². The van der Waals surface area contributed by atoms with E-state index in [9.17, 15) is 4.21 Å². The van der Waals surface area contributed by atoms with E-state index in [1.807, 2.05) is 0 Å². The van der Waals surface area contributed by atoms with E-state index in [-0.39, 0.29) is 0 Å². The minimum Gasteiger partial charge on any atom is -0.316 e. The lowest BCUT2D eigenvalue weighted by Crippen LogP contribution is -2.37. The molecule has 1 atom stereocenters. The van der Waals surface area contributed by atoms with Crippen molar-refractivity contribution in [2.45, 2.75) is 26.3 Å². The maximum Gasteiger partial charge on any atom is 0.0363 e. The molecule has 0 aliphatic carbocycles. The van der Waals surface area contributed by atoms with Crippen LogP contribution >= 0.6 is 0 Å². The summed E-state index contributed by atoms with van der Waals surface area (Å²) in [6.07, 6.45) is 0.